The number of ether oxygens (including phenoxy) is 2. The largest absolute Gasteiger partial charge is 0.480 e. The van der Waals surface area contributed by atoms with Crippen molar-refractivity contribution >= 4 is 11.9 Å². The quantitative estimate of drug-likeness (QED) is 0.473. The molecule has 1 amide bonds. The van der Waals surface area contributed by atoms with E-state index in [4.69, 9.17) is 9.47 Å². The van der Waals surface area contributed by atoms with E-state index in [2.05, 4.69) is 10.2 Å². The van der Waals surface area contributed by atoms with Crippen LogP contribution >= 0.6 is 0 Å². The van der Waals surface area contributed by atoms with Gasteiger partial charge in [0.1, 0.15) is 17.7 Å². The van der Waals surface area contributed by atoms with Gasteiger partial charge in [-0.1, -0.05) is 19.9 Å². The molecule has 1 saturated heterocycles. The van der Waals surface area contributed by atoms with Crippen LogP contribution < -0.4 is 14.8 Å². The van der Waals surface area contributed by atoms with E-state index in [0.29, 0.717) is 19.5 Å². The number of hydrogen-bond donors (Lipinski definition) is 2. The van der Waals surface area contributed by atoms with Crippen LogP contribution in [0.5, 0.6) is 11.5 Å². The number of fused-ring (bicyclic) bond motifs is 1. The maximum Gasteiger partial charge on any atom is 0.326 e. The number of nitrogens with zero attached hydrogens (tertiary/aromatic N) is 3. The van der Waals surface area contributed by atoms with Gasteiger partial charge in [0.15, 0.2) is 11.5 Å². The number of hydrogen-bond acceptors (Lipinski definition) is 7. The van der Waals surface area contributed by atoms with Crippen LogP contribution in [0.2, 0.25) is 0 Å². The van der Waals surface area contributed by atoms with Crippen LogP contribution in [0.1, 0.15) is 25.8 Å². The van der Waals surface area contributed by atoms with Gasteiger partial charge in [-0.2, -0.15) is 5.26 Å². The number of carbonyl (C=O) groups excluding carboxylic acids is 1. The van der Waals surface area contributed by atoms with Gasteiger partial charge in [0.25, 0.3) is 5.91 Å². The van der Waals surface area contributed by atoms with Crippen molar-refractivity contribution in [2.45, 2.75) is 32.9 Å². The predicted octanol–water partition coefficient (Wildman–Crippen LogP) is 1.56. The first-order chi connectivity index (χ1) is 14.9. The Kier molecular flexibility index (Phi) is 7.36. The predicted molar refractivity (Wildman–Crippen MR) is 112 cm³/mol. The molecule has 31 heavy (non-hydrogen) atoms. The maximum atomic E-state index is 12.4. The Morgan fingerprint density at radius 1 is 1.23 bits per heavy atom. The van der Waals surface area contributed by atoms with Crippen molar-refractivity contribution in [2.24, 2.45) is 5.92 Å². The molecule has 0 spiro atoms. The molecule has 1 aromatic rings. The van der Waals surface area contributed by atoms with Crippen molar-refractivity contribution in [1.82, 2.24) is 15.1 Å². The average Bonchev–Trinajstić information content (AvgIpc) is 3.20. The first kappa shape index (κ1) is 22.4. The van der Waals surface area contributed by atoms with Crippen molar-refractivity contribution < 1.29 is 24.2 Å². The van der Waals surface area contributed by atoms with Gasteiger partial charge >= 0.3 is 5.97 Å². The molecular weight excluding hydrogens is 400 g/mol. The summed E-state index contributed by atoms with van der Waals surface area (Å²) in [6.45, 7) is 7.67. The Hall–Kier alpha value is -3.25. The maximum absolute atomic E-state index is 12.4. The van der Waals surface area contributed by atoms with Gasteiger partial charge in [0.2, 0.25) is 6.79 Å². The second-order valence-electron chi connectivity index (χ2n) is 8.15. The Balaban J connectivity index is 1.53. The topological polar surface area (TPSA) is 115 Å². The second-order valence-corrected chi connectivity index (χ2v) is 8.15. The molecule has 0 bridgehead atoms. The van der Waals surface area contributed by atoms with E-state index in [9.17, 15) is 20.0 Å². The van der Waals surface area contributed by atoms with Gasteiger partial charge in [-0.15, -0.1) is 0 Å². The molecule has 1 aromatic carbocycles. The number of rotatable bonds is 8. The molecule has 2 aliphatic rings. The molecule has 0 aliphatic carbocycles. The number of benzene rings is 1. The van der Waals surface area contributed by atoms with E-state index in [1.165, 1.54) is 6.20 Å². The van der Waals surface area contributed by atoms with E-state index in [1.807, 2.05) is 43.0 Å². The van der Waals surface area contributed by atoms with Crippen molar-refractivity contribution in [3.05, 3.63) is 35.5 Å². The highest BCUT2D eigenvalue weighted by atomic mass is 16.7. The van der Waals surface area contributed by atoms with Crippen molar-refractivity contribution in [1.29, 1.82) is 5.26 Å². The Bertz CT molecular complexity index is 884. The molecule has 0 saturated carbocycles. The highest BCUT2D eigenvalue weighted by molar-refractivity contribution is 5.99. The molecule has 1 unspecified atom stereocenters. The van der Waals surface area contributed by atoms with Crippen LogP contribution in [0.15, 0.2) is 30.0 Å². The lowest BCUT2D eigenvalue weighted by molar-refractivity contribution is -0.141. The van der Waals surface area contributed by atoms with Crippen LogP contribution in [0.4, 0.5) is 0 Å². The zero-order chi connectivity index (χ0) is 22.4. The molecular formula is C22H28N4O5. The standard InChI is InChI=1S/C22H28N4O5/c1-15(2)9-18(22(28)29)24-21(27)17(11-23)13-26-7-5-25(6-8-26)12-16-3-4-19-20(10-16)31-14-30-19/h3-4,10,13,15,18H,5-9,12,14H2,1-2H3,(H,24,27)(H,28,29)/b17-13-. The van der Waals surface area contributed by atoms with Crippen LogP contribution in [-0.4, -0.2) is 65.8 Å². The normalized spacial score (nSPS) is 17.4. The number of carboxylic acids is 1. The summed E-state index contributed by atoms with van der Waals surface area (Å²) in [4.78, 5) is 28.0. The smallest absolute Gasteiger partial charge is 0.326 e. The summed E-state index contributed by atoms with van der Waals surface area (Å²) in [7, 11) is 0. The third-order valence-corrected chi connectivity index (χ3v) is 5.24. The second kappa shape index (κ2) is 10.2. The van der Waals surface area contributed by atoms with E-state index in [0.717, 1.165) is 36.7 Å². The molecule has 2 aliphatic heterocycles. The zero-order valence-corrected chi connectivity index (χ0v) is 17.8. The van der Waals surface area contributed by atoms with Gasteiger partial charge < -0.3 is 24.8 Å². The molecule has 0 aromatic heterocycles. The lowest BCUT2D eigenvalue weighted by Gasteiger charge is -2.34. The summed E-state index contributed by atoms with van der Waals surface area (Å²) in [6, 6.07) is 6.81. The number of nitriles is 1. The van der Waals surface area contributed by atoms with Crippen molar-refractivity contribution in [3.8, 4) is 17.6 Å². The minimum Gasteiger partial charge on any atom is -0.480 e. The third kappa shape index (κ3) is 6.12. The minimum absolute atomic E-state index is 0.0840. The van der Waals surface area contributed by atoms with Crippen LogP contribution in [0.25, 0.3) is 0 Å². The molecule has 1 fully saturated rings. The molecule has 2 heterocycles. The summed E-state index contributed by atoms with van der Waals surface area (Å²) in [6.07, 6.45) is 1.83. The fourth-order valence-electron chi connectivity index (χ4n) is 3.60. The van der Waals surface area contributed by atoms with E-state index >= 15 is 0 Å². The SMILES string of the molecule is CC(C)CC(NC(=O)/C(C#N)=C\N1CCN(Cc2ccc3c(c2)OCO3)CC1)C(=O)O. The van der Waals surface area contributed by atoms with Crippen LogP contribution in [0.3, 0.4) is 0 Å². The average molecular weight is 428 g/mol. The highest BCUT2D eigenvalue weighted by Gasteiger charge is 2.24. The Morgan fingerprint density at radius 2 is 1.94 bits per heavy atom. The fraction of sp³-hybridized carbons (Fsp3) is 0.500. The first-order valence-corrected chi connectivity index (χ1v) is 10.4. The third-order valence-electron chi connectivity index (χ3n) is 5.24. The van der Waals surface area contributed by atoms with Crippen molar-refractivity contribution in [2.75, 3.05) is 33.0 Å². The van der Waals surface area contributed by atoms with Gasteiger partial charge in [0, 0.05) is 38.9 Å². The van der Waals surface area contributed by atoms with Gasteiger partial charge in [0.05, 0.1) is 0 Å². The van der Waals surface area contributed by atoms with Gasteiger partial charge in [-0.05, 0) is 30.0 Å². The van der Waals surface area contributed by atoms with Gasteiger partial charge in [-0.25, -0.2) is 4.79 Å². The summed E-state index contributed by atoms with van der Waals surface area (Å²) >= 11 is 0. The van der Waals surface area contributed by atoms with E-state index < -0.39 is 17.9 Å². The fourth-order valence-corrected chi connectivity index (χ4v) is 3.60. The lowest BCUT2D eigenvalue weighted by atomic mass is 10.0. The number of carboxylic acid groups (broad SMARTS) is 1. The van der Waals surface area contributed by atoms with E-state index in [1.54, 1.807) is 0 Å². The molecule has 9 nitrogen and oxygen atoms in total. The summed E-state index contributed by atoms with van der Waals surface area (Å²) in [5.74, 6) is -0.121. The number of carbonyl (C=O) groups is 2. The molecule has 0 radical (unpaired) electrons. The molecule has 166 valence electrons. The highest BCUT2D eigenvalue weighted by Crippen LogP contribution is 2.32. The van der Waals surface area contributed by atoms with Gasteiger partial charge in [-0.3, -0.25) is 9.69 Å². The monoisotopic (exact) mass is 428 g/mol. The Morgan fingerprint density at radius 3 is 2.58 bits per heavy atom. The summed E-state index contributed by atoms with van der Waals surface area (Å²) in [5.41, 5.74) is 1.05. The Labute approximate surface area is 181 Å². The van der Waals surface area contributed by atoms with Crippen LogP contribution in [0, 0.1) is 17.2 Å². The minimum atomic E-state index is -1.10. The molecule has 2 N–H and O–H groups in total. The number of aliphatic carboxylic acids is 1. The summed E-state index contributed by atoms with van der Waals surface area (Å²) < 4.78 is 10.8. The first-order valence-electron chi connectivity index (χ1n) is 10.4. The number of nitrogens with one attached hydrogen (secondary N) is 1. The molecule has 9 heteroatoms. The molecule has 3 rings (SSSR count). The number of amides is 1. The van der Waals surface area contributed by atoms with Crippen LogP contribution in [-0.2, 0) is 16.1 Å². The van der Waals surface area contributed by atoms with E-state index in [-0.39, 0.29) is 18.3 Å². The summed E-state index contributed by atoms with van der Waals surface area (Å²) in [5, 5.41) is 21.2. The van der Waals surface area contributed by atoms with Crippen molar-refractivity contribution in [3.63, 3.8) is 0 Å². The molecule has 1 atom stereocenters. The lowest BCUT2D eigenvalue weighted by Crippen LogP contribution is -2.45. The number of piperazine rings is 1. The zero-order valence-electron chi connectivity index (χ0n) is 17.8.